The maximum atomic E-state index is 12.8. The van der Waals surface area contributed by atoms with E-state index in [0.717, 1.165) is 7.05 Å². The fourth-order valence-electron chi connectivity index (χ4n) is 0.307. The van der Waals surface area contributed by atoms with Crippen molar-refractivity contribution in [3.63, 3.8) is 0 Å². The Morgan fingerprint density at radius 2 is 1.92 bits per heavy atom. The van der Waals surface area contributed by atoms with Crippen molar-refractivity contribution in [2.45, 2.75) is 0 Å². The van der Waals surface area contributed by atoms with Crippen molar-refractivity contribution in [1.82, 2.24) is 5.09 Å². The van der Waals surface area contributed by atoms with Gasteiger partial charge in [-0.25, -0.2) is 9.83 Å². The Bertz CT molecular complexity index is 287. The van der Waals surface area contributed by atoms with Crippen LogP contribution in [0.3, 0.4) is 0 Å². The number of nitrogens with one attached hydrogen (secondary N) is 1. The largest absolute Gasteiger partial charge is 0.424 e. The molecule has 13 heavy (non-hydrogen) atoms. The second kappa shape index (κ2) is 5.23. The summed E-state index contributed by atoms with van der Waals surface area (Å²) in [5.41, 5.74) is 4.79. The molecule has 0 fully saturated rings. The molecule has 0 amide bonds. The fraction of sp³-hybridized carbons (Fsp3) is 1.00. The SMILES string of the molecule is CN=PN=P(F)(F)N=P(N)(F)NC. The van der Waals surface area contributed by atoms with Crippen LogP contribution in [0, 0.1) is 0 Å². The molecule has 5 nitrogen and oxygen atoms in total. The van der Waals surface area contributed by atoms with Gasteiger partial charge in [0.2, 0.25) is 0 Å². The molecular formula is C2H9F3N5P3. The van der Waals surface area contributed by atoms with Gasteiger partial charge in [-0.2, -0.15) is 4.20 Å². The molecule has 0 bridgehead atoms. The average molecular weight is 253 g/mol. The van der Waals surface area contributed by atoms with E-state index in [-0.39, 0.29) is 8.52 Å². The lowest BCUT2D eigenvalue weighted by molar-refractivity contribution is 0.724. The van der Waals surface area contributed by atoms with Gasteiger partial charge in [0.15, 0.2) is 8.52 Å². The first-order valence-corrected chi connectivity index (χ1v) is 6.91. The Kier molecular flexibility index (Phi) is 5.33. The summed E-state index contributed by atoms with van der Waals surface area (Å²) >= 11 is 0. The molecule has 0 saturated carbocycles. The molecule has 0 spiro atoms. The van der Waals surface area contributed by atoms with Gasteiger partial charge in [0.05, 0.1) is 0 Å². The van der Waals surface area contributed by atoms with E-state index < -0.39 is 15.5 Å². The second-order valence-corrected chi connectivity index (χ2v) is 6.32. The minimum atomic E-state index is -4.97. The van der Waals surface area contributed by atoms with Gasteiger partial charge in [0.25, 0.3) is 7.67 Å². The highest BCUT2D eigenvalue weighted by molar-refractivity contribution is 7.68. The van der Waals surface area contributed by atoms with Crippen LogP contribution < -0.4 is 10.6 Å². The Balaban J connectivity index is 4.98. The molecule has 0 aliphatic heterocycles. The van der Waals surface area contributed by atoms with Crippen LogP contribution in [-0.2, 0) is 0 Å². The van der Waals surface area contributed by atoms with E-state index in [1.54, 1.807) is 0 Å². The van der Waals surface area contributed by atoms with E-state index in [1.807, 2.05) is 5.09 Å². The van der Waals surface area contributed by atoms with Crippen LogP contribution in [0.2, 0.25) is 0 Å². The molecule has 0 heterocycles. The third-order valence-corrected chi connectivity index (χ3v) is 4.68. The number of nitrogens with two attached hydrogens (primary N) is 1. The maximum Gasteiger partial charge on any atom is 0.424 e. The Labute approximate surface area is 75.9 Å². The summed E-state index contributed by atoms with van der Waals surface area (Å²) in [4.78, 5) is 0. The molecule has 1 unspecified atom stereocenters. The normalized spacial score (nSPS) is 17.1. The molecule has 78 valence electrons. The lowest BCUT2D eigenvalue weighted by atomic mass is 11.6. The van der Waals surface area contributed by atoms with Gasteiger partial charge < -0.3 is 0 Å². The molecule has 1 atom stereocenters. The molecule has 3 N–H and O–H groups in total. The quantitative estimate of drug-likeness (QED) is 0.753. The van der Waals surface area contributed by atoms with E-state index in [1.165, 1.54) is 7.05 Å². The van der Waals surface area contributed by atoms with Gasteiger partial charge in [0, 0.05) is 7.05 Å². The number of rotatable bonds is 3. The number of hydrogen-bond acceptors (Lipinski definition) is 1. The van der Waals surface area contributed by atoms with Gasteiger partial charge in [0.1, 0.15) is 0 Å². The first-order chi connectivity index (χ1) is 5.83. The summed E-state index contributed by atoms with van der Waals surface area (Å²) in [6, 6.07) is 0. The van der Waals surface area contributed by atoms with Crippen molar-refractivity contribution < 1.29 is 12.6 Å². The summed E-state index contributed by atoms with van der Waals surface area (Å²) in [6.07, 6.45) is 0. The van der Waals surface area contributed by atoms with Gasteiger partial charge in [-0.1, -0.05) is 0 Å². The molecular weight excluding hydrogens is 244 g/mol. The highest BCUT2D eigenvalue weighted by Gasteiger charge is 2.21. The standard InChI is InChI=1S/C2H9F3N5P3/c1-7-11-9-12(3,4)10-13(5,6)8-2/h8H,6H2,1-2H3. The monoisotopic (exact) mass is 253 g/mol. The van der Waals surface area contributed by atoms with E-state index >= 15 is 0 Å². The third-order valence-electron chi connectivity index (χ3n) is 0.788. The molecule has 0 aliphatic carbocycles. The zero-order valence-electron chi connectivity index (χ0n) is 6.89. The highest BCUT2D eigenvalue weighted by Crippen LogP contribution is 2.63. The van der Waals surface area contributed by atoms with Gasteiger partial charge in [-0.15, -0.1) is 17.4 Å². The topological polar surface area (TPSA) is 75.1 Å². The van der Waals surface area contributed by atoms with E-state index in [9.17, 15) is 12.6 Å². The van der Waals surface area contributed by atoms with E-state index in [2.05, 4.69) is 13.8 Å². The average Bonchev–Trinajstić information content (AvgIpc) is 1.99. The van der Waals surface area contributed by atoms with Crippen LogP contribution >= 0.6 is 24.0 Å². The van der Waals surface area contributed by atoms with Crippen molar-refractivity contribution >= 4 is 24.0 Å². The van der Waals surface area contributed by atoms with Crippen LogP contribution in [0.4, 0.5) is 12.6 Å². The summed E-state index contributed by atoms with van der Waals surface area (Å²) in [5, 5.41) is 1.88. The molecule has 0 rings (SSSR count). The molecule has 0 aromatic rings. The maximum absolute atomic E-state index is 12.8. The van der Waals surface area contributed by atoms with Gasteiger partial charge >= 0.3 is 7.83 Å². The van der Waals surface area contributed by atoms with Crippen LogP contribution in [0.15, 0.2) is 13.8 Å². The van der Waals surface area contributed by atoms with Crippen LogP contribution in [0.1, 0.15) is 0 Å². The van der Waals surface area contributed by atoms with Crippen LogP contribution in [0.25, 0.3) is 0 Å². The Hall–Kier alpha value is 0.270. The molecule has 0 aromatic heterocycles. The Morgan fingerprint density at radius 3 is 2.31 bits per heavy atom. The van der Waals surface area contributed by atoms with Gasteiger partial charge in [-0.3, -0.25) is 5.50 Å². The summed E-state index contributed by atoms with van der Waals surface area (Å²) in [6.45, 7) is 0. The van der Waals surface area contributed by atoms with Crippen molar-refractivity contribution in [2.24, 2.45) is 19.3 Å². The van der Waals surface area contributed by atoms with Gasteiger partial charge in [-0.05, 0) is 7.05 Å². The highest BCUT2D eigenvalue weighted by atomic mass is 31.3. The number of halogens is 3. The van der Waals surface area contributed by atoms with E-state index in [0.29, 0.717) is 0 Å². The second-order valence-electron chi connectivity index (χ2n) is 1.75. The summed E-state index contributed by atoms with van der Waals surface area (Å²) in [7, 11) is -6.75. The fourth-order valence-corrected chi connectivity index (χ4v) is 3.09. The first-order valence-electron chi connectivity index (χ1n) is 2.94. The smallest absolute Gasteiger partial charge is 0.260 e. The zero-order valence-corrected chi connectivity index (χ0v) is 9.58. The number of nitrogens with zero attached hydrogens (tertiary/aromatic N) is 3. The van der Waals surface area contributed by atoms with Crippen molar-refractivity contribution in [3.05, 3.63) is 0 Å². The molecule has 11 heteroatoms. The third kappa shape index (κ3) is 6.36. The lowest BCUT2D eigenvalue weighted by Gasteiger charge is -2.06. The predicted octanol–water partition coefficient (Wildman–Crippen LogP) is 3.64. The molecule has 0 radical (unpaired) electrons. The molecule has 0 aromatic carbocycles. The molecule has 0 aliphatic rings. The zero-order chi connectivity index (χ0) is 10.5. The minimum Gasteiger partial charge on any atom is -0.260 e. The lowest BCUT2D eigenvalue weighted by Crippen LogP contribution is -2.05. The number of hydrogen-bond donors (Lipinski definition) is 2. The van der Waals surface area contributed by atoms with Crippen LogP contribution in [0.5, 0.6) is 0 Å². The first kappa shape index (κ1) is 13.3. The summed E-state index contributed by atoms with van der Waals surface area (Å²) in [5.74, 6) is 0. The van der Waals surface area contributed by atoms with E-state index in [4.69, 9.17) is 5.50 Å². The van der Waals surface area contributed by atoms with Crippen molar-refractivity contribution in [1.29, 1.82) is 0 Å². The minimum absolute atomic E-state index is 0.167. The predicted molar refractivity (Wildman–Crippen MR) is 50.5 cm³/mol. The van der Waals surface area contributed by atoms with Crippen molar-refractivity contribution in [2.75, 3.05) is 14.1 Å². The molecule has 0 saturated heterocycles. The Morgan fingerprint density at radius 1 is 1.38 bits per heavy atom. The van der Waals surface area contributed by atoms with Crippen LogP contribution in [-0.4, -0.2) is 14.1 Å². The summed E-state index contributed by atoms with van der Waals surface area (Å²) < 4.78 is 46.8. The van der Waals surface area contributed by atoms with Crippen molar-refractivity contribution in [3.8, 4) is 0 Å².